The van der Waals surface area contributed by atoms with E-state index in [0.29, 0.717) is 6.04 Å². The highest BCUT2D eigenvalue weighted by molar-refractivity contribution is 8.06. The van der Waals surface area contributed by atoms with Gasteiger partial charge >= 0.3 is 0 Å². The van der Waals surface area contributed by atoms with Crippen molar-refractivity contribution in [2.75, 3.05) is 23.8 Å². The molecule has 0 bridgehead atoms. The van der Waals surface area contributed by atoms with Crippen LogP contribution in [0.1, 0.15) is 31.7 Å². The highest BCUT2D eigenvalue weighted by Crippen LogP contribution is 2.28. The molecule has 1 fully saturated rings. The van der Waals surface area contributed by atoms with Crippen LogP contribution in [0.15, 0.2) is 30.3 Å². The molecule has 2 unspecified atom stereocenters. The molecule has 2 rings (SSSR count). The molecule has 0 radical (unpaired) electrons. The molecule has 1 N–H and O–H groups in total. The first-order valence-corrected chi connectivity index (χ1v) is 10.1. The van der Waals surface area contributed by atoms with Crippen LogP contribution in [0.25, 0.3) is 0 Å². The molecule has 0 spiro atoms. The summed E-state index contributed by atoms with van der Waals surface area (Å²) in [4.78, 5) is 0. The maximum Gasteiger partial charge on any atom is 0.0292 e. The highest BCUT2D eigenvalue weighted by atomic mass is 32.2. The van der Waals surface area contributed by atoms with E-state index < -0.39 is 0 Å². The highest BCUT2D eigenvalue weighted by Gasteiger charge is 2.23. The van der Waals surface area contributed by atoms with Crippen LogP contribution in [-0.4, -0.2) is 35.1 Å². The number of nitrogens with one attached hydrogen (secondary N) is 1. The topological polar surface area (TPSA) is 12.0 Å². The Balaban J connectivity index is 1.77. The zero-order valence-corrected chi connectivity index (χ0v) is 14.1. The SMILES string of the molecule is CCCNC(CCCc1ccccc1)C1CSCCS1. The predicted octanol–water partition coefficient (Wildman–Crippen LogP) is 4.23. The Hall–Kier alpha value is -0.120. The molecule has 2 atom stereocenters. The number of hydrogen-bond donors (Lipinski definition) is 1. The molecule has 20 heavy (non-hydrogen) atoms. The smallest absolute Gasteiger partial charge is 0.0292 e. The molecule has 1 aliphatic rings. The van der Waals surface area contributed by atoms with Gasteiger partial charge in [0.25, 0.3) is 0 Å². The number of rotatable bonds is 8. The Kier molecular flexibility index (Phi) is 7.92. The Morgan fingerprint density at radius 1 is 1.25 bits per heavy atom. The van der Waals surface area contributed by atoms with E-state index in [0.717, 1.165) is 11.8 Å². The van der Waals surface area contributed by atoms with Gasteiger partial charge in [-0.2, -0.15) is 23.5 Å². The molecule has 1 aromatic rings. The van der Waals surface area contributed by atoms with Crippen molar-refractivity contribution in [3.63, 3.8) is 0 Å². The second-order valence-electron chi connectivity index (χ2n) is 5.42. The van der Waals surface area contributed by atoms with Crippen molar-refractivity contribution in [2.45, 2.75) is 43.9 Å². The minimum atomic E-state index is 0.705. The zero-order valence-electron chi connectivity index (χ0n) is 12.5. The van der Waals surface area contributed by atoms with Crippen LogP contribution in [0.4, 0.5) is 0 Å². The van der Waals surface area contributed by atoms with Gasteiger partial charge in [0.15, 0.2) is 0 Å². The molecule has 1 saturated heterocycles. The first-order chi connectivity index (χ1) is 9.90. The van der Waals surface area contributed by atoms with Gasteiger partial charge in [-0.15, -0.1) is 0 Å². The first kappa shape index (κ1) is 16.3. The Morgan fingerprint density at radius 2 is 2.10 bits per heavy atom. The summed E-state index contributed by atoms with van der Waals surface area (Å²) >= 11 is 4.32. The molecule has 0 aliphatic carbocycles. The van der Waals surface area contributed by atoms with E-state index in [9.17, 15) is 0 Å². The van der Waals surface area contributed by atoms with Crippen LogP contribution in [0.3, 0.4) is 0 Å². The fourth-order valence-electron chi connectivity index (χ4n) is 2.66. The summed E-state index contributed by atoms with van der Waals surface area (Å²) in [5.74, 6) is 4.00. The number of hydrogen-bond acceptors (Lipinski definition) is 3. The van der Waals surface area contributed by atoms with Crippen molar-refractivity contribution >= 4 is 23.5 Å². The van der Waals surface area contributed by atoms with Gasteiger partial charge in [0.1, 0.15) is 0 Å². The van der Waals surface area contributed by atoms with Crippen LogP contribution < -0.4 is 5.32 Å². The minimum absolute atomic E-state index is 0.705. The van der Waals surface area contributed by atoms with Crippen LogP contribution >= 0.6 is 23.5 Å². The van der Waals surface area contributed by atoms with Gasteiger partial charge in [-0.1, -0.05) is 37.3 Å². The summed E-state index contributed by atoms with van der Waals surface area (Å²) in [6.07, 6.45) is 5.07. The second-order valence-corrected chi connectivity index (χ2v) is 7.92. The molecule has 1 aromatic carbocycles. The Bertz CT molecular complexity index is 349. The third-order valence-corrected chi connectivity index (χ3v) is 6.69. The number of aryl methyl sites for hydroxylation is 1. The van der Waals surface area contributed by atoms with Crippen molar-refractivity contribution < 1.29 is 0 Å². The molecule has 0 saturated carbocycles. The molecular formula is C17H27NS2. The van der Waals surface area contributed by atoms with E-state index >= 15 is 0 Å². The van der Waals surface area contributed by atoms with E-state index in [1.807, 2.05) is 0 Å². The lowest BCUT2D eigenvalue weighted by Gasteiger charge is -2.30. The lowest BCUT2D eigenvalue weighted by molar-refractivity contribution is 0.466. The largest absolute Gasteiger partial charge is 0.313 e. The van der Waals surface area contributed by atoms with E-state index in [-0.39, 0.29) is 0 Å². The molecule has 0 aromatic heterocycles. The van der Waals surface area contributed by atoms with Crippen LogP contribution in [0.2, 0.25) is 0 Å². The molecule has 1 heterocycles. The van der Waals surface area contributed by atoms with E-state index in [4.69, 9.17) is 0 Å². The molecule has 112 valence electrons. The molecule has 1 nitrogen and oxygen atoms in total. The standard InChI is InChI=1S/C17H27NS2/c1-2-11-18-16(17-14-19-12-13-20-17)10-6-9-15-7-4-3-5-8-15/h3-5,7-8,16-18H,2,6,9-14H2,1H3. The predicted molar refractivity (Wildman–Crippen MR) is 95.0 cm³/mol. The normalized spacial score (nSPS) is 20.8. The third kappa shape index (κ3) is 5.71. The van der Waals surface area contributed by atoms with Gasteiger partial charge in [0, 0.05) is 28.6 Å². The summed E-state index contributed by atoms with van der Waals surface area (Å²) in [5.41, 5.74) is 1.48. The maximum absolute atomic E-state index is 3.79. The second kappa shape index (κ2) is 9.75. The fraction of sp³-hybridized carbons (Fsp3) is 0.647. The lowest BCUT2D eigenvalue weighted by Crippen LogP contribution is -2.41. The summed E-state index contributed by atoms with van der Waals surface area (Å²) < 4.78 is 0. The lowest BCUT2D eigenvalue weighted by atomic mass is 10.0. The van der Waals surface area contributed by atoms with E-state index in [1.165, 1.54) is 48.5 Å². The zero-order chi connectivity index (χ0) is 14.0. The quantitative estimate of drug-likeness (QED) is 0.772. The van der Waals surface area contributed by atoms with Gasteiger partial charge in [0.2, 0.25) is 0 Å². The van der Waals surface area contributed by atoms with E-state index in [1.54, 1.807) is 0 Å². The summed E-state index contributed by atoms with van der Waals surface area (Å²) in [6, 6.07) is 11.6. The molecular weight excluding hydrogens is 282 g/mol. The maximum atomic E-state index is 3.79. The minimum Gasteiger partial charge on any atom is -0.313 e. The Morgan fingerprint density at radius 3 is 2.80 bits per heavy atom. The third-order valence-electron chi connectivity index (χ3n) is 3.77. The average Bonchev–Trinajstić information content (AvgIpc) is 2.52. The van der Waals surface area contributed by atoms with Crippen LogP contribution in [0.5, 0.6) is 0 Å². The van der Waals surface area contributed by atoms with Crippen molar-refractivity contribution in [1.29, 1.82) is 0 Å². The first-order valence-electron chi connectivity index (χ1n) is 7.87. The molecule has 3 heteroatoms. The fourth-order valence-corrected chi connectivity index (χ4v) is 5.59. The summed E-state index contributed by atoms with van der Waals surface area (Å²) in [7, 11) is 0. The van der Waals surface area contributed by atoms with E-state index in [2.05, 4.69) is 66.1 Å². The van der Waals surface area contributed by atoms with Gasteiger partial charge in [-0.25, -0.2) is 0 Å². The summed E-state index contributed by atoms with van der Waals surface area (Å²) in [6.45, 7) is 3.43. The monoisotopic (exact) mass is 309 g/mol. The number of benzene rings is 1. The van der Waals surface area contributed by atoms with Gasteiger partial charge < -0.3 is 5.32 Å². The number of thioether (sulfide) groups is 2. The Labute approximate surface area is 132 Å². The van der Waals surface area contributed by atoms with Crippen molar-refractivity contribution in [1.82, 2.24) is 5.32 Å². The summed E-state index contributed by atoms with van der Waals surface area (Å²) in [5, 5.41) is 4.61. The van der Waals surface area contributed by atoms with Gasteiger partial charge in [-0.05, 0) is 37.8 Å². The molecule has 0 amide bonds. The van der Waals surface area contributed by atoms with Crippen molar-refractivity contribution in [2.24, 2.45) is 0 Å². The molecule has 1 aliphatic heterocycles. The van der Waals surface area contributed by atoms with Crippen LogP contribution in [0, 0.1) is 0 Å². The van der Waals surface area contributed by atoms with Crippen molar-refractivity contribution in [3.8, 4) is 0 Å². The van der Waals surface area contributed by atoms with Crippen LogP contribution in [-0.2, 0) is 6.42 Å². The average molecular weight is 310 g/mol. The van der Waals surface area contributed by atoms with Gasteiger partial charge in [0.05, 0.1) is 0 Å². The van der Waals surface area contributed by atoms with Crippen molar-refractivity contribution in [3.05, 3.63) is 35.9 Å². The van der Waals surface area contributed by atoms with Gasteiger partial charge in [-0.3, -0.25) is 0 Å².